The number of hydrogen-bond acceptors (Lipinski definition) is 6. The molecule has 0 atom stereocenters. The summed E-state index contributed by atoms with van der Waals surface area (Å²) in [6, 6.07) is 5.73. The molecule has 0 N–H and O–H groups in total. The van der Waals surface area contributed by atoms with Crippen molar-refractivity contribution in [1.29, 1.82) is 0 Å². The van der Waals surface area contributed by atoms with Crippen LogP contribution in [0.5, 0.6) is 5.75 Å². The Hall–Kier alpha value is -2.61. The predicted octanol–water partition coefficient (Wildman–Crippen LogP) is 3.58. The molecule has 1 aliphatic carbocycles. The molecule has 3 heterocycles. The minimum atomic E-state index is -0.624. The van der Waals surface area contributed by atoms with Crippen molar-refractivity contribution in [2.45, 2.75) is 76.4 Å². The van der Waals surface area contributed by atoms with Gasteiger partial charge in [0.2, 0.25) is 11.8 Å². The lowest BCUT2D eigenvalue weighted by Crippen LogP contribution is -2.43. The molecule has 0 bridgehead atoms. The highest BCUT2D eigenvalue weighted by atomic mass is 16.6. The molecular weight excluding hydrogens is 470 g/mol. The summed E-state index contributed by atoms with van der Waals surface area (Å²) < 4.78 is 12.2. The van der Waals surface area contributed by atoms with Crippen molar-refractivity contribution in [3.63, 3.8) is 0 Å². The Kier molecular flexibility index (Phi) is 7.75. The van der Waals surface area contributed by atoms with Crippen molar-refractivity contribution in [2.75, 3.05) is 46.3 Å². The number of rotatable bonds is 6. The van der Waals surface area contributed by atoms with Gasteiger partial charge in [-0.25, -0.2) is 4.79 Å². The van der Waals surface area contributed by atoms with Crippen molar-refractivity contribution in [2.24, 2.45) is 5.92 Å². The van der Waals surface area contributed by atoms with E-state index in [-0.39, 0.29) is 29.8 Å². The van der Waals surface area contributed by atoms with Crippen molar-refractivity contribution in [3.8, 4) is 5.75 Å². The molecule has 3 fully saturated rings. The van der Waals surface area contributed by atoms with E-state index in [0.717, 1.165) is 57.4 Å². The molecule has 0 aromatic heterocycles. The number of carbonyl (C=O) groups is 3. The van der Waals surface area contributed by atoms with E-state index in [1.54, 1.807) is 6.92 Å². The van der Waals surface area contributed by atoms with E-state index in [2.05, 4.69) is 4.90 Å². The Bertz CT molecular complexity index is 1000. The quantitative estimate of drug-likeness (QED) is 0.544. The Morgan fingerprint density at radius 3 is 2.43 bits per heavy atom. The molecule has 2 saturated heterocycles. The number of hydrogen-bond donors (Lipinski definition) is 0. The van der Waals surface area contributed by atoms with Crippen LogP contribution in [0.4, 0.5) is 0 Å². The molecule has 4 aliphatic rings. The maximum Gasteiger partial charge on any atom is 0.339 e. The van der Waals surface area contributed by atoms with Gasteiger partial charge in [0.25, 0.3) is 0 Å². The molecule has 3 aliphatic heterocycles. The minimum Gasteiger partial charge on any atom is -0.490 e. The number of ether oxygens (including phenoxy) is 2. The topological polar surface area (TPSA) is 79.4 Å². The number of carbonyl (C=O) groups excluding carboxylic acids is 3. The maximum atomic E-state index is 13.1. The average molecular weight is 512 g/mol. The van der Waals surface area contributed by atoms with Gasteiger partial charge in [0.05, 0.1) is 5.56 Å². The molecule has 1 spiro atoms. The summed E-state index contributed by atoms with van der Waals surface area (Å²) in [7, 11) is 1.92. The minimum absolute atomic E-state index is 0.0109. The molecule has 1 aromatic rings. The molecule has 37 heavy (non-hydrogen) atoms. The molecule has 8 heteroatoms. The van der Waals surface area contributed by atoms with Gasteiger partial charge in [0.1, 0.15) is 17.5 Å². The summed E-state index contributed by atoms with van der Waals surface area (Å²) in [6.45, 7) is 7.00. The number of amides is 2. The second kappa shape index (κ2) is 11.0. The van der Waals surface area contributed by atoms with E-state index in [4.69, 9.17) is 9.47 Å². The summed E-state index contributed by atoms with van der Waals surface area (Å²) >= 11 is 0. The lowest BCUT2D eigenvalue weighted by molar-refractivity contribution is -0.137. The fourth-order valence-corrected chi connectivity index (χ4v) is 6.53. The summed E-state index contributed by atoms with van der Waals surface area (Å²) in [6.07, 6.45) is 8.25. The van der Waals surface area contributed by atoms with Crippen LogP contribution in [0.2, 0.25) is 0 Å². The van der Waals surface area contributed by atoms with Gasteiger partial charge in [-0.05, 0) is 63.7 Å². The zero-order chi connectivity index (χ0) is 26.0. The van der Waals surface area contributed by atoms with Crippen LogP contribution >= 0.6 is 0 Å². The first-order chi connectivity index (χ1) is 17.8. The highest BCUT2D eigenvalue weighted by Gasteiger charge is 2.48. The van der Waals surface area contributed by atoms with E-state index in [1.807, 2.05) is 35.0 Å². The second-order valence-electron chi connectivity index (χ2n) is 11.4. The van der Waals surface area contributed by atoms with Crippen molar-refractivity contribution < 1.29 is 23.9 Å². The predicted molar refractivity (Wildman–Crippen MR) is 139 cm³/mol. The molecule has 202 valence electrons. The summed E-state index contributed by atoms with van der Waals surface area (Å²) in [5, 5.41) is 0. The lowest BCUT2D eigenvalue weighted by Gasteiger charge is -2.37. The number of piperidine rings is 2. The molecule has 5 rings (SSSR count). The largest absolute Gasteiger partial charge is 0.490 e. The molecule has 8 nitrogen and oxygen atoms in total. The molecule has 0 unspecified atom stereocenters. The Balaban J connectivity index is 1.16. The number of fused-ring (bicyclic) bond motifs is 2. The maximum absolute atomic E-state index is 13.1. The molecule has 1 aromatic carbocycles. The highest BCUT2D eigenvalue weighted by molar-refractivity contribution is 5.95. The number of esters is 1. The standard InChI is InChI=1S/C29H41N3O5/c1-21(33)32-16-10-23(11-17-32)36-24-6-7-26-25(20-24)28(35)37-29(26)12-8-22(9-13-29)27(34)30(2)18-19-31-14-4-3-5-15-31/h6-7,20,22-23H,3-5,8-19H2,1-2H3. The van der Waals surface area contributed by atoms with Crippen molar-refractivity contribution >= 4 is 17.8 Å². The zero-order valence-electron chi connectivity index (χ0n) is 22.4. The van der Waals surface area contributed by atoms with Crippen molar-refractivity contribution in [3.05, 3.63) is 29.3 Å². The van der Waals surface area contributed by atoms with E-state index in [1.165, 1.54) is 19.3 Å². The van der Waals surface area contributed by atoms with Gasteiger partial charge < -0.3 is 24.2 Å². The van der Waals surface area contributed by atoms with Gasteiger partial charge in [-0.15, -0.1) is 0 Å². The smallest absolute Gasteiger partial charge is 0.339 e. The van der Waals surface area contributed by atoms with Crippen LogP contribution < -0.4 is 4.74 Å². The summed E-state index contributed by atoms with van der Waals surface area (Å²) in [4.78, 5) is 43.8. The molecule has 0 radical (unpaired) electrons. The highest BCUT2D eigenvalue weighted by Crippen LogP contribution is 2.49. The van der Waals surface area contributed by atoms with Crippen molar-refractivity contribution in [1.82, 2.24) is 14.7 Å². The Morgan fingerprint density at radius 1 is 1.05 bits per heavy atom. The lowest BCUT2D eigenvalue weighted by atomic mass is 9.74. The van der Waals surface area contributed by atoms with Gasteiger partial charge in [-0.2, -0.15) is 0 Å². The van der Waals surface area contributed by atoms with E-state index >= 15 is 0 Å². The van der Waals surface area contributed by atoms with Crippen LogP contribution in [-0.4, -0.2) is 84.9 Å². The van der Waals surface area contributed by atoms with Crippen LogP contribution in [0.1, 0.15) is 80.6 Å². The van der Waals surface area contributed by atoms with Gasteiger partial charge in [-0.3, -0.25) is 9.59 Å². The third-order valence-corrected chi connectivity index (χ3v) is 8.90. The van der Waals surface area contributed by atoms with Crippen LogP contribution in [0.15, 0.2) is 18.2 Å². The monoisotopic (exact) mass is 511 g/mol. The van der Waals surface area contributed by atoms with Crippen LogP contribution in [0.3, 0.4) is 0 Å². The third-order valence-electron chi connectivity index (χ3n) is 8.90. The number of nitrogens with zero attached hydrogens (tertiary/aromatic N) is 3. The third kappa shape index (κ3) is 5.64. The molecular formula is C29H41N3O5. The normalized spacial score (nSPS) is 26.6. The molecule has 2 amide bonds. The summed E-state index contributed by atoms with van der Waals surface area (Å²) in [5.74, 6) is 0.687. The number of likely N-dealkylation sites (tertiary alicyclic amines) is 2. The van der Waals surface area contributed by atoms with Crippen LogP contribution in [0.25, 0.3) is 0 Å². The first-order valence-electron chi connectivity index (χ1n) is 14.1. The van der Waals surface area contributed by atoms with Gasteiger partial charge >= 0.3 is 5.97 Å². The fourth-order valence-electron chi connectivity index (χ4n) is 6.53. The Labute approximate surface area is 220 Å². The van der Waals surface area contributed by atoms with Crippen LogP contribution in [-0.2, 0) is 19.9 Å². The van der Waals surface area contributed by atoms with E-state index in [9.17, 15) is 14.4 Å². The van der Waals surface area contributed by atoms with E-state index in [0.29, 0.717) is 37.2 Å². The first kappa shape index (κ1) is 26.0. The van der Waals surface area contributed by atoms with Gasteiger partial charge in [0, 0.05) is 64.5 Å². The van der Waals surface area contributed by atoms with Gasteiger partial charge in [-0.1, -0.05) is 12.5 Å². The zero-order valence-corrected chi connectivity index (χ0v) is 22.4. The Morgan fingerprint density at radius 2 is 1.76 bits per heavy atom. The fraction of sp³-hybridized carbons (Fsp3) is 0.690. The van der Waals surface area contributed by atoms with E-state index < -0.39 is 5.60 Å². The average Bonchev–Trinajstić information content (AvgIpc) is 3.18. The molecule has 1 saturated carbocycles. The summed E-state index contributed by atoms with van der Waals surface area (Å²) in [5.41, 5.74) is 0.892. The SMILES string of the molecule is CC(=O)N1CCC(Oc2ccc3c(c2)C(=O)OC32CCC(C(=O)N(C)CCN3CCCCC3)CC2)CC1. The second-order valence-corrected chi connectivity index (χ2v) is 11.4. The van der Waals surface area contributed by atoms with Crippen LogP contribution in [0, 0.1) is 5.92 Å². The first-order valence-corrected chi connectivity index (χ1v) is 14.1. The van der Waals surface area contributed by atoms with Gasteiger partial charge in [0.15, 0.2) is 0 Å². The number of benzene rings is 1. The number of likely N-dealkylation sites (N-methyl/N-ethyl adjacent to an activating group) is 1.